The minimum atomic E-state index is -0.577. The highest BCUT2D eigenvalue weighted by molar-refractivity contribution is 7.13. The summed E-state index contributed by atoms with van der Waals surface area (Å²) in [7, 11) is 1.48. The molecule has 1 heterocycles. The third kappa shape index (κ3) is 3.97. The van der Waals surface area contributed by atoms with Gasteiger partial charge in [-0.25, -0.2) is 4.98 Å². The van der Waals surface area contributed by atoms with Crippen LogP contribution in [0.3, 0.4) is 0 Å². The molecule has 1 amide bonds. The quantitative estimate of drug-likeness (QED) is 0.647. The van der Waals surface area contributed by atoms with Gasteiger partial charge in [0.15, 0.2) is 5.13 Å². The number of amides is 1. The molecule has 1 aromatic heterocycles. The first kappa shape index (κ1) is 15.8. The van der Waals surface area contributed by atoms with Crippen LogP contribution in [0, 0.1) is 11.3 Å². The van der Waals surface area contributed by atoms with Crippen molar-refractivity contribution in [1.82, 2.24) is 4.98 Å². The van der Waals surface area contributed by atoms with Gasteiger partial charge in [0, 0.05) is 22.8 Å². The lowest BCUT2D eigenvalue weighted by molar-refractivity contribution is -0.112. The predicted molar refractivity (Wildman–Crippen MR) is 86.1 cm³/mol. The number of rotatable bonds is 5. The minimum absolute atomic E-state index is 0.0998. The van der Waals surface area contributed by atoms with Crippen LogP contribution in [0.1, 0.15) is 0 Å². The lowest BCUT2D eigenvalue weighted by Crippen LogP contribution is -2.15. The standard InChI is InChI=1S/C14H11ClN4O2S/c1-21-12-3-2-10(15)6-11(12)19-13(20)9(7-16)8-18-14-17-4-5-22-14/h2-6,8H,1H3,(H,17,18)(H,19,20)/b9-8-. The van der Waals surface area contributed by atoms with Crippen LogP contribution in [0.4, 0.5) is 10.8 Å². The summed E-state index contributed by atoms with van der Waals surface area (Å²) in [6.45, 7) is 0. The first-order valence-corrected chi connectivity index (χ1v) is 7.31. The van der Waals surface area contributed by atoms with Crippen LogP contribution in [-0.2, 0) is 4.79 Å². The molecule has 0 spiro atoms. The van der Waals surface area contributed by atoms with Crippen LogP contribution < -0.4 is 15.4 Å². The smallest absolute Gasteiger partial charge is 0.267 e. The molecule has 0 unspecified atom stereocenters. The van der Waals surface area contributed by atoms with Crippen LogP contribution in [-0.4, -0.2) is 18.0 Å². The summed E-state index contributed by atoms with van der Waals surface area (Å²) in [5.41, 5.74) is 0.285. The number of methoxy groups -OCH3 is 1. The number of aromatic nitrogens is 1. The number of hydrogen-bond acceptors (Lipinski definition) is 6. The molecule has 22 heavy (non-hydrogen) atoms. The Morgan fingerprint density at radius 2 is 2.36 bits per heavy atom. The highest BCUT2D eigenvalue weighted by Crippen LogP contribution is 2.28. The molecule has 0 aliphatic heterocycles. The van der Waals surface area contributed by atoms with Crippen LogP contribution in [0.15, 0.2) is 41.5 Å². The van der Waals surface area contributed by atoms with Gasteiger partial charge in [0.2, 0.25) is 0 Å². The Morgan fingerprint density at radius 1 is 1.55 bits per heavy atom. The van der Waals surface area contributed by atoms with Gasteiger partial charge < -0.3 is 15.4 Å². The molecule has 6 nitrogen and oxygen atoms in total. The fraction of sp³-hybridized carbons (Fsp3) is 0.0714. The van der Waals surface area contributed by atoms with Crippen molar-refractivity contribution >= 4 is 39.7 Å². The maximum atomic E-state index is 12.1. The van der Waals surface area contributed by atoms with E-state index in [4.69, 9.17) is 21.6 Å². The van der Waals surface area contributed by atoms with Crippen molar-refractivity contribution in [2.45, 2.75) is 0 Å². The number of carbonyl (C=O) groups excluding carboxylic acids is 1. The Bertz CT molecular complexity index is 738. The highest BCUT2D eigenvalue weighted by Gasteiger charge is 2.13. The van der Waals surface area contributed by atoms with Gasteiger partial charge in [-0.15, -0.1) is 11.3 Å². The molecule has 2 rings (SSSR count). The van der Waals surface area contributed by atoms with Gasteiger partial charge >= 0.3 is 0 Å². The number of anilines is 2. The molecule has 8 heteroatoms. The predicted octanol–water partition coefficient (Wildman–Crippen LogP) is 3.26. The molecular weight excluding hydrogens is 324 g/mol. The number of nitrogens with zero attached hydrogens (tertiary/aromatic N) is 2. The van der Waals surface area contributed by atoms with E-state index in [0.717, 1.165) is 0 Å². The summed E-state index contributed by atoms with van der Waals surface area (Å²) in [5, 5.41) is 17.3. The van der Waals surface area contributed by atoms with Crippen LogP contribution in [0.2, 0.25) is 5.02 Å². The first-order chi connectivity index (χ1) is 10.6. The molecule has 0 aliphatic rings. The summed E-state index contributed by atoms with van der Waals surface area (Å²) in [5.74, 6) is -0.130. The number of carbonyl (C=O) groups is 1. The van der Waals surface area contributed by atoms with E-state index in [-0.39, 0.29) is 5.57 Å². The summed E-state index contributed by atoms with van der Waals surface area (Å²) < 4.78 is 5.13. The van der Waals surface area contributed by atoms with E-state index in [1.165, 1.54) is 24.6 Å². The van der Waals surface area contributed by atoms with E-state index < -0.39 is 5.91 Å². The average molecular weight is 335 g/mol. The van der Waals surface area contributed by atoms with E-state index in [0.29, 0.717) is 21.6 Å². The number of ether oxygens (including phenoxy) is 1. The SMILES string of the molecule is COc1ccc(Cl)cc1NC(=O)/C(C#N)=C\Nc1nccs1. The number of nitrogens with one attached hydrogen (secondary N) is 2. The van der Waals surface area contributed by atoms with Crippen molar-refractivity contribution in [3.8, 4) is 11.8 Å². The molecule has 0 radical (unpaired) electrons. The summed E-state index contributed by atoms with van der Waals surface area (Å²) in [4.78, 5) is 16.1. The number of benzene rings is 1. The second-order valence-electron chi connectivity index (χ2n) is 3.95. The summed E-state index contributed by atoms with van der Waals surface area (Å²) in [6.07, 6.45) is 2.91. The van der Waals surface area contributed by atoms with Crippen molar-refractivity contribution < 1.29 is 9.53 Å². The first-order valence-electron chi connectivity index (χ1n) is 6.05. The van der Waals surface area contributed by atoms with Crippen molar-refractivity contribution in [3.05, 3.63) is 46.6 Å². The molecule has 2 aromatic rings. The zero-order valence-electron chi connectivity index (χ0n) is 11.5. The molecule has 0 aliphatic carbocycles. The summed E-state index contributed by atoms with van der Waals surface area (Å²) >= 11 is 7.25. The van der Waals surface area contributed by atoms with Crippen molar-refractivity contribution in [2.75, 3.05) is 17.7 Å². The fourth-order valence-electron chi connectivity index (χ4n) is 1.54. The molecular formula is C14H11ClN4O2S. The Kier molecular flexibility index (Phi) is 5.36. The number of hydrogen-bond donors (Lipinski definition) is 2. The van der Waals surface area contributed by atoms with Crippen molar-refractivity contribution in [1.29, 1.82) is 5.26 Å². The van der Waals surface area contributed by atoms with E-state index in [1.807, 2.05) is 6.07 Å². The van der Waals surface area contributed by atoms with E-state index in [2.05, 4.69) is 15.6 Å². The second kappa shape index (κ2) is 7.45. The van der Waals surface area contributed by atoms with Gasteiger partial charge in [-0.1, -0.05) is 11.6 Å². The Balaban J connectivity index is 2.14. The normalized spacial score (nSPS) is 10.7. The minimum Gasteiger partial charge on any atom is -0.495 e. The molecule has 0 fully saturated rings. The number of thiazole rings is 1. The van der Waals surface area contributed by atoms with Gasteiger partial charge in [0.1, 0.15) is 17.4 Å². The molecule has 0 saturated heterocycles. The van der Waals surface area contributed by atoms with Gasteiger partial charge in [-0.2, -0.15) is 5.26 Å². The van der Waals surface area contributed by atoms with E-state index >= 15 is 0 Å². The molecule has 112 valence electrons. The van der Waals surface area contributed by atoms with Crippen LogP contribution >= 0.6 is 22.9 Å². The molecule has 0 atom stereocenters. The maximum absolute atomic E-state index is 12.1. The number of halogens is 1. The highest BCUT2D eigenvalue weighted by atomic mass is 35.5. The largest absolute Gasteiger partial charge is 0.495 e. The van der Waals surface area contributed by atoms with E-state index in [1.54, 1.807) is 29.8 Å². The van der Waals surface area contributed by atoms with Crippen LogP contribution in [0.5, 0.6) is 5.75 Å². The van der Waals surface area contributed by atoms with E-state index in [9.17, 15) is 4.79 Å². The van der Waals surface area contributed by atoms with Crippen molar-refractivity contribution in [3.63, 3.8) is 0 Å². The van der Waals surface area contributed by atoms with Crippen molar-refractivity contribution in [2.24, 2.45) is 0 Å². The maximum Gasteiger partial charge on any atom is 0.267 e. The zero-order chi connectivity index (χ0) is 15.9. The monoisotopic (exact) mass is 334 g/mol. The zero-order valence-corrected chi connectivity index (χ0v) is 13.0. The van der Waals surface area contributed by atoms with Gasteiger partial charge in [0.05, 0.1) is 12.8 Å². The summed E-state index contributed by atoms with van der Waals surface area (Å²) in [6, 6.07) is 6.64. The van der Waals surface area contributed by atoms with Gasteiger partial charge in [-0.3, -0.25) is 4.79 Å². The Hall–Kier alpha value is -2.56. The van der Waals surface area contributed by atoms with Gasteiger partial charge in [-0.05, 0) is 18.2 Å². The second-order valence-corrected chi connectivity index (χ2v) is 5.28. The third-order valence-electron chi connectivity index (χ3n) is 2.55. The molecule has 1 aromatic carbocycles. The molecule has 2 N–H and O–H groups in total. The fourth-order valence-corrected chi connectivity index (χ4v) is 2.22. The topological polar surface area (TPSA) is 87.0 Å². The lowest BCUT2D eigenvalue weighted by Gasteiger charge is -2.10. The molecule has 0 saturated carbocycles. The molecule has 0 bridgehead atoms. The van der Waals surface area contributed by atoms with Gasteiger partial charge in [0.25, 0.3) is 5.91 Å². The average Bonchev–Trinajstić information content (AvgIpc) is 3.01. The lowest BCUT2D eigenvalue weighted by atomic mass is 10.2. The number of nitriles is 1. The third-order valence-corrected chi connectivity index (χ3v) is 3.49. The Morgan fingerprint density at radius 3 is 3.00 bits per heavy atom. The Labute approximate surface area is 136 Å². The van der Waals surface area contributed by atoms with Crippen LogP contribution in [0.25, 0.3) is 0 Å².